The smallest absolute Gasteiger partial charge is 0.224 e. The highest BCUT2D eigenvalue weighted by molar-refractivity contribution is 5.84. The van der Waals surface area contributed by atoms with Crippen LogP contribution in [0.1, 0.15) is 41.5 Å². The van der Waals surface area contributed by atoms with E-state index in [-0.39, 0.29) is 29.3 Å². The van der Waals surface area contributed by atoms with Gasteiger partial charge < -0.3 is 10.4 Å². The number of rotatable bonds is 3. The minimum atomic E-state index is -0.522. The molecule has 1 aliphatic carbocycles. The molecule has 1 fully saturated rings. The molecule has 0 bridgehead atoms. The van der Waals surface area contributed by atoms with Gasteiger partial charge in [-0.15, -0.1) is 0 Å². The van der Waals surface area contributed by atoms with Crippen LogP contribution in [0, 0.1) is 16.7 Å². The molecule has 0 atom stereocenters. The van der Waals surface area contributed by atoms with Crippen LogP contribution < -0.4 is 5.32 Å². The highest BCUT2D eigenvalue weighted by Gasteiger charge is 2.68. The lowest BCUT2D eigenvalue weighted by Gasteiger charge is -2.24. The van der Waals surface area contributed by atoms with Gasteiger partial charge in [0.2, 0.25) is 5.91 Å². The quantitative estimate of drug-likeness (QED) is 0.747. The Balaban J connectivity index is 2.67. The summed E-state index contributed by atoms with van der Waals surface area (Å²) >= 11 is 0. The fourth-order valence-electron chi connectivity index (χ4n) is 2.30. The van der Waals surface area contributed by atoms with Gasteiger partial charge in [0.15, 0.2) is 0 Å². The molecule has 1 aliphatic rings. The third-order valence-electron chi connectivity index (χ3n) is 4.14. The maximum atomic E-state index is 12.0. The second kappa shape index (κ2) is 3.21. The van der Waals surface area contributed by atoms with Crippen LogP contribution in [0.2, 0.25) is 0 Å². The molecule has 0 aromatic rings. The topological polar surface area (TPSA) is 49.3 Å². The second-order valence-corrected chi connectivity index (χ2v) is 6.41. The predicted octanol–water partition coefficient (Wildman–Crippen LogP) is 1.56. The van der Waals surface area contributed by atoms with E-state index >= 15 is 0 Å². The van der Waals surface area contributed by atoms with Crippen LogP contribution >= 0.6 is 0 Å². The van der Waals surface area contributed by atoms with E-state index in [1.807, 2.05) is 13.8 Å². The summed E-state index contributed by atoms with van der Waals surface area (Å²) in [5, 5.41) is 12.0. The second-order valence-electron chi connectivity index (χ2n) is 6.41. The Bertz CT molecular complexity index is 265. The molecule has 0 heterocycles. The molecular weight excluding hydrogens is 190 g/mol. The lowest BCUT2D eigenvalue weighted by Crippen LogP contribution is -2.47. The molecular formula is C12H23NO2. The van der Waals surface area contributed by atoms with E-state index < -0.39 is 5.54 Å². The highest BCUT2D eigenvalue weighted by Crippen LogP contribution is 2.68. The third-order valence-corrected chi connectivity index (χ3v) is 4.14. The molecule has 0 aromatic carbocycles. The Morgan fingerprint density at radius 1 is 1.27 bits per heavy atom. The van der Waals surface area contributed by atoms with E-state index in [0.29, 0.717) is 0 Å². The summed E-state index contributed by atoms with van der Waals surface area (Å²) < 4.78 is 0. The lowest BCUT2D eigenvalue weighted by atomic mass is 10.0. The van der Waals surface area contributed by atoms with Gasteiger partial charge in [-0.05, 0) is 24.7 Å². The van der Waals surface area contributed by atoms with Gasteiger partial charge in [-0.2, -0.15) is 0 Å². The number of amides is 1. The number of aliphatic hydroxyl groups is 1. The van der Waals surface area contributed by atoms with Gasteiger partial charge in [0.25, 0.3) is 0 Å². The van der Waals surface area contributed by atoms with Gasteiger partial charge in [-0.3, -0.25) is 4.79 Å². The maximum absolute atomic E-state index is 12.0. The summed E-state index contributed by atoms with van der Waals surface area (Å²) in [5.41, 5.74) is -0.406. The molecule has 0 radical (unpaired) electrons. The molecule has 3 heteroatoms. The molecule has 1 rings (SSSR count). The van der Waals surface area contributed by atoms with Gasteiger partial charge in [0, 0.05) is 5.92 Å². The van der Waals surface area contributed by atoms with E-state index in [0.717, 1.165) is 0 Å². The van der Waals surface area contributed by atoms with Gasteiger partial charge >= 0.3 is 0 Å². The molecule has 0 saturated heterocycles. The van der Waals surface area contributed by atoms with Gasteiger partial charge in [0.05, 0.1) is 12.1 Å². The first-order valence-corrected chi connectivity index (χ1v) is 5.49. The number of hydrogen-bond acceptors (Lipinski definition) is 2. The summed E-state index contributed by atoms with van der Waals surface area (Å²) in [5.74, 6) is 0.111. The van der Waals surface area contributed by atoms with Crippen LogP contribution in [-0.2, 0) is 4.79 Å². The molecule has 0 unspecified atom stereocenters. The summed E-state index contributed by atoms with van der Waals surface area (Å²) in [6.07, 6.45) is 0. The number of carbonyl (C=O) groups is 1. The first-order valence-electron chi connectivity index (χ1n) is 5.49. The zero-order valence-corrected chi connectivity index (χ0v) is 10.6. The van der Waals surface area contributed by atoms with Crippen molar-refractivity contribution in [1.29, 1.82) is 0 Å². The van der Waals surface area contributed by atoms with E-state index in [1.165, 1.54) is 0 Å². The standard InChI is InChI=1S/C12H23NO2/c1-10(2,7-14)13-9(15)8-11(3,4)12(8,5)6/h8,14H,7H2,1-6H3,(H,13,15). The molecule has 2 N–H and O–H groups in total. The van der Waals surface area contributed by atoms with Crippen molar-refractivity contribution in [2.45, 2.75) is 47.1 Å². The van der Waals surface area contributed by atoms with Crippen molar-refractivity contribution in [3.05, 3.63) is 0 Å². The number of carbonyl (C=O) groups excluding carboxylic acids is 1. The van der Waals surface area contributed by atoms with Crippen molar-refractivity contribution in [1.82, 2.24) is 5.32 Å². The first kappa shape index (κ1) is 12.5. The van der Waals surface area contributed by atoms with Crippen molar-refractivity contribution in [3.8, 4) is 0 Å². The normalized spacial score (nSPS) is 23.7. The monoisotopic (exact) mass is 213 g/mol. The Labute approximate surface area is 92.3 Å². The lowest BCUT2D eigenvalue weighted by molar-refractivity contribution is -0.125. The van der Waals surface area contributed by atoms with Crippen LogP contribution in [0.3, 0.4) is 0 Å². The molecule has 1 amide bonds. The third kappa shape index (κ3) is 1.89. The van der Waals surface area contributed by atoms with E-state index in [4.69, 9.17) is 5.11 Å². The molecule has 3 nitrogen and oxygen atoms in total. The average molecular weight is 213 g/mol. The van der Waals surface area contributed by atoms with Crippen molar-refractivity contribution in [2.75, 3.05) is 6.61 Å². The first-order chi connectivity index (χ1) is 6.56. The van der Waals surface area contributed by atoms with Crippen molar-refractivity contribution >= 4 is 5.91 Å². The summed E-state index contributed by atoms with van der Waals surface area (Å²) in [7, 11) is 0. The zero-order valence-electron chi connectivity index (χ0n) is 10.6. The SMILES string of the molecule is CC(C)(CO)NC(=O)C1C(C)(C)C1(C)C. The van der Waals surface area contributed by atoms with Crippen LogP contribution in [0.25, 0.3) is 0 Å². The Morgan fingerprint density at radius 3 is 1.93 bits per heavy atom. The largest absolute Gasteiger partial charge is 0.394 e. The predicted molar refractivity (Wildman–Crippen MR) is 60.4 cm³/mol. The van der Waals surface area contributed by atoms with E-state index in [2.05, 4.69) is 33.0 Å². The van der Waals surface area contributed by atoms with Gasteiger partial charge in [-0.25, -0.2) is 0 Å². The summed E-state index contributed by atoms with van der Waals surface area (Å²) in [6.45, 7) is 12.1. The van der Waals surface area contributed by atoms with Crippen LogP contribution in [-0.4, -0.2) is 23.2 Å². The Morgan fingerprint density at radius 2 is 1.67 bits per heavy atom. The number of hydrogen-bond donors (Lipinski definition) is 2. The van der Waals surface area contributed by atoms with E-state index in [9.17, 15) is 4.79 Å². The summed E-state index contributed by atoms with van der Waals surface area (Å²) in [6, 6.07) is 0. The van der Waals surface area contributed by atoms with Gasteiger partial charge in [-0.1, -0.05) is 27.7 Å². The minimum Gasteiger partial charge on any atom is -0.394 e. The minimum absolute atomic E-state index is 0.0354. The molecule has 0 spiro atoms. The van der Waals surface area contributed by atoms with Crippen molar-refractivity contribution < 1.29 is 9.90 Å². The fourth-order valence-corrected chi connectivity index (χ4v) is 2.30. The van der Waals surface area contributed by atoms with Crippen LogP contribution in [0.5, 0.6) is 0 Å². The maximum Gasteiger partial charge on any atom is 0.224 e. The number of nitrogens with one attached hydrogen (secondary N) is 1. The van der Waals surface area contributed by atoms with Gasteiger partial charge in [0.1, 0.15) is 0 Å². The average Bonchev–Trinajstić information content (AvgIpc) is 2.41. The zero-order chi connectivity index (χ0) is 12.1. The molecule has 15 heavy (non-hydrogen) atoms. The molecule has 1 saturated carbocycles. The number of aliphatic hydroxyl groups excluding tert-OH is 1. The fraction of sp³-hybridized carbons (Fsp3) is 0.917. The van der Waals surface area contributed by atoms with Crippen molar-refractivity contribution in [2.24, 2.45) is 16.7 Å². The molecule has 0 aromatic heterocycles. The molecule has 88 valence electrons. The Hall–Kier alpha value is -0.570. The van der Waals surface area contributed by atoms with Crippen LogP contribution in [0.15, 0.2) is 0 Å². The van der Waals surface area contributed by atoms with E-state index in [1.54, 1.807) is 0 Å². The molecule has 0 aliphatic heterocycles. The highest BCUT2D eigenvalue weighted by atomic mass is 16.3. The summed E-state index contributed by atoms with van der Waals surface area (Å²) in [4.78, 5) is 12.0. The Kier molecular flexibility index (Phi) is 2.67. The van der Waals surface area contributed by atoms with Crippen LogP contribution in [0.4, 0.5) is 0 Å². The van der Waals surface area contributed by atoms with Crippen molar-refractivity contribution in [3.63, 3.8) is 0 Å².